The van der Waals surface area contributed by atoms with Crippen LogP contribution in [0.15, 0.2) is 24.3 Å². The number of nitrogens with one attached hydrogen (secondary N) is 1. The second-order valence-electron chi connectivity index (χ2n) is 8.45. The maximum atomic E-state index is 13.0. The van der Waals surface area contributed by atoms with Crippen LogP contribution in [-0.2, 0) is 4.79 Å². The highest BCUT2D eigenvalue weighted by atomic mass is 16.6. The van der Waals surface area contributed by atoms with E-state index in [2.05, 4.69) is 22.0 Å². The Labute approximate surface area is 169 Å². The molecule has 1 aromatic rings. The number of carbonyl (C=O) groups excluding carboxylic acids is 2. The second-order valence-corrected chi connectivity index (χ2v) is 8.45. The van der Waals surface area contributed by atoms with E-state index in [1.807, 2.05) is 0 Å². The molecule has 9 nitrogen and oxygen atoms in total. The third-order valence-corrected chi connectivity index (χ3v) is 6.51. The van der Waals surface area contributed by atoms with Gasteiger partial charge in [-0.05, 0) is 43.7 Å². The van der Waals surface area contributed by atoms with Crippen molar-refractivity contribution in [1.29, 1.82) is 0 Å². The number of anilines is 1. The molecule has 29 heavy (non-hydrogen) atoms. The van der Waals surface area contributed by atoms with Crippen LogP contribution in [0.2, 0.25) is 0 Å². The topological polar surface area (TPSA) is 99.0 Å². The third kappa shape index (κ3) is 3.78. The van der Waals surface area contributed by atoms with Gasteiger partial charge in [0.2, 0.25) is 0 Å². The van der Waals surface area contributed by atoms with Gasteiger partial charge in [0.25, 0.3) is 11.6 Å². The van der Waals surface area contributed by atoms with Gasteiger partial charge in [0.1, 0.15) is 5.54 Å². The molecular weight excluding hydrogens is 374 g/mol. The molecule has 0 radical (unpaired) electrons. The molecule has 1 N–H and O–H groups in total. The Morgan fingerprint density at radius 2 is 1.72 bits per heavy atom. The van der Waals surface area contributed by atoms with Crippen LogP contribution in [0.1, 0.15) is 32.6 Å². The fourth-order valence-corrected chi connectivity index (χ4v) is 4.53. The average molecular weight is 401 g/mol. The van der Waals surface area contributed by atoms with Gasteiger partial charge in [-0.2, -0.15) is 0 Å². The molecule has 0 atom stereocenters. The molecule has 0 unspecified atom stereocenters. The summed E-state index contributed by atoms with van der Waals surface area (Å²) in [5.74, 6) is 0.527. The average Bonchev–Trinajstić information content (AvgIpc) is 2.95. The summed E-state index contributed by atoms with van der Waals surface area (Å²) in [6, 6.07) is 6.28. The normalized spacial score (nSPS) is 28.1. The Morgan fingerprint density at radius 1 is 1.10 bits per heavy atom. The van der Waals surface area contributed by atoms with Gasteiger partial charge in [-0.3, -0.25) is 19.8 Å². The fraction of sp³-hybridized carbons (Fsp3) is 0.600. The minimum atomic E-state index is -0.690. The van der Waals surface area contributed by atoms with Crippen LogP contribution in [0.5, 0.6) is 0 Å². The monoisotopic (exact) mass is 401 g/mol. The number of urea groups is 1. The number of hydrogen-bond acceptors (Lipinski definition) is 6. The highest BCUT2D eigenvalue weighted by molar-refractivity contribution is 6.07. The van der Waals surface area contributed by atoms with E-state index in [1.165, 1.54) is 17.0 Å². The van der Waals surface area contributed by atoms with Crippen molar-refractivity contribution < 1.29 is 14.5 Å². The fourth-order valence-electron chi connectivity index (χ4n) is 4.53. The van der Waals surface area contributed by atoms with Crippen LogP contribution >= 0.6 is 0 Å². The number of rotatable bonds is 4. The first-order chi connectivity index (χ1) is 13.9. The number of amides is 3. The Morgan fingerprint density at radius 3 is 2.31 bits per heavy atom. The zero-order valence-electron chi connectivity index (χ0n) is 16.7. The van der Waals surface area contributed by atoms with Crippen LogP contribution in [0.25, 0.3) is 0 Å². The van der Waals surface area contributed by atoms with E-state index < -0.39 is 10.5 Å². The lowest BCUT2D eigenvalue weighted by molar-refractivity contribution is -0.384. The van der Waals surface area contributed by atoms with Gasteiger partial charge in [-0.15, -0.1) is 0 Å². The lowest BCUT2D eigenvalue weighted by atomic mass is 9.77. The van der Waals surface area contributed by atoms with Crippen molar-refractivity contribution in [2.24, 2.45) is 5.92 Å². The molecule has 3 fully saturated rings. The number of nitro groups is 1. The summed E-state index contributed by atoms with van der Waals surface area (Å²) in [4.78, 5) is 41.5. The smallest absolute Gasteiger partial charge is 0.326 e. The zero-order valence-corrected chi connectivity index (χ0v) is 16.7. The molecular formula is C20H27N5O4. The Bertz CT molecular complexity index is 796. The second kappa shape index (κ2) is 7.62. The van der Waals surface area contributed by atoms with Gasteiger partial charge in [0.15, 0.2) is 0 Å². The summed E-state index contributed by atoms with van der Waals surface area (Å²) < 4.78 is 0. The van der Waals surface area contributed by atoms with Gasteiger partial charge in [0.05, 0.1) is 11.6 Å². The summed E-state index contributed by atoms with van der Waals surface area (Å²) in [6.45, 7) is 5.43. The Kier molecular flexibility index (Phi) is 5.16. The molecule has 1 aliphatic carbocycles. The van der Waals surface area contributed by atoms with Gasteiger partial charge in [-0.1, -0.05) is 6.92 Å². The van der Waals surface area contributed by atoms with Crippen molar-refractivity contribution >= 4 is 23.3 Å². The first kappa shape index (κ1) is 19.6. The first-order valence-electron chi connectivity index (χ1n) is 10.2. The molecule has 3 amide bonds. The summed E-state index contributed by atoms with van der Waals surface area (Å²) in [5.41, 5.74) is 0.335. The van der Waals surface area contributed by atoms with Crippen molar-refractivity contribution in [3.63, 3.8) is 0 Å². The molecule has 0 bridgehead atoms. The number of carbonyl (C=O) groups is 2. The number of nitro benzene ring substituents is 1. The van der Waals surface area contributed by atoms with E-state index in [9.17, 15) is 19.7 Å². The van der Waals surface area contributed by atoms with Crippen molar-refractivity contribution in [2.45, 2.75) is 38.1 Å². The van der Waals surface area contributed by atoms with Gasteiger partial charge >= 0.3 is 6.03 Å². The summed E-state index contributed by atoms with van der Waals surface area (Å²) in [6.07, 6.45) is 3.38. The largest absolute Gasteiger partial charge is 0.369 e. The predicted molar refractivity (Wildman–Crippen MR) is 107 cm³/mol. The number of piperazine rings is 1. The van der Waals surface area contributed by atoms with Crippen molar-refractivity contribution in [2.75, 3.05) is 37.7 Å². The molecule has 0 aromatic heterocycles. The van der Waals surface area contributed by atoms with Crippen LogP contribution < -0.4 is 10.2 Å². The lowest BCUT2D eigenvalue weighted by Gasteiger charge is -2.37. The first-order valence-corrected chi connectivity index (χ1v) is 10.2. The van der Waals surface area contributed by atoms with E-state index >= 15 is 0 Å². The minimum Gasteiger partial charge on any atom is -0.369 e. The van der Waals surface area contributed by atoms with Crippen LogP contribution in [0, 0.1) is 16.0 Å². The van der Waals surface area contributed by atoms with Crippen LogP contribution in [0.4, 0.5) is 16.2 Å². The van der Waals surface area contributed by atoms with Crippen LogP contribution in [0.3, 0.4) is 0 Å². The van der Waals surface area contributed by atoms with E-state index in [4.69, 9.17) is 0 Å². The van der Waals surface area contributed by atoms with Crippen LogP contribution in [-0.4, -0.2) is 65.0 Å². The SMILES string of the molecule is CC1CCC2(CC1)NC(=O)N(CN1CCN(c3ccc([N+](=O)[O-])cc3)CC1)C2=O. The molecule has 4 rings (SSSR count). The molecule has 156 valence electrons. The molecule has 2 aliphatic heterocycles. The quantitative estimate of drug-likeness (QED) is 0.472. The van der Waals surface area contributed by atoms with Crippen molar-refractivity contribution in [1.82, 2.24) is 15.1 Å². The van der Waals surface area contributed by atoms with E-state index in [-0.39, 0.29) is 17.6 Å². The standard InChI is InChI=1S/C20H27N5O4/c1-15-6-8-20(9-7-15)18(26)24(19(27)21-20)14-22-10-12-23(13-11-22)16-2-4-17(5-3-16)25(28)29/h2-5,15H,6-14H2,1H3,(H,21,27). The maximum absolute atomic E-state index is 13.0. The van der Waals surface area contributed by atoms with Crippen molar-refractivity contribution in [3.8, 4) is 0 Å². The van der Waals surface area contributed by atoms with Gasteiger partial charge in [0, 0.05) is 44.0 Å². The number of non-ortho nitro benzene ring substituents is 1. The van der Waals surface area contributed by atoms with E-state index in [0.29, 0.717) is 12.6 Å². The number of benzene rings is 1. The molecule has 2 heterocycles. The Hall–Kier alpha value is -2.68. The predicted octanol–water partition coefficient (Wildman–Crippen LogP) is 2.17. The summed E-state index contributed by atoms with van der Waals surface area (Å²) in [7, 11) is 0. The highest BCUT2D eigenvalue weighted by Crippen LogP contribution is 2.36. The lowest BCUT2D eigenvalue weighted by Crippen LogP contribution is -2.52. The third-order valence-electron chi connectivity index (χ3n) is 6.51. The molecule has 3 aliphatic rings. The number of nitrogens with zero attached hydrogens (tertiary/aromatic N) is 4. The number of hydrogen-bond donors (Lipinski definition) is 1. The summed E-state index contributed by atoms with van der Waals surface area (Å²) in [5, 5.41) is 13.8. The molecule has 9 heteroatoms. The number of imide groups is 1. The maximum Gasteiger partial charge on any atom is 0.326 e. The summed E-state index contributed by atoms with van der Waals surface area (Å²) >= 11 is 0. The van der Waals surface area contributed by atoms with Gasteiger partial charge < -0.3 is 10.2 Å². The van der Waals surface area contributed by atoms with E-state index in [0.717, 1.165) is 57.5 Å². The van der Waals surface area contributed by atoms with Gasteiger partial charge in [-0.25, -0.2) is 9.69 Å². The molecule has 2 saturated heterocycles. The Balaban J connectivity index is 1.33. The molecule has 1 aromatic carbocycles. The molecule has 1 spiro atoms. The van der Waals surface area contributed by atoms with Crippen molar-refractivity contribution in [3.05, 3.63) is 34.4 Å². The highest BCUT2D eigenvalue weighted by Gasteiger charge is 2.52. The molecule has 1 saturated carbocycles. The minimum absolute atomic E-state index is 0.0767. The zero-order chi connectivity index (χ0) is 20.6. The van der Waals surface area contributed by atoms with E-state index in [1.54, 1.807) is 12.1 Å².